The third-order valence-corrected chi connectivity index (χ3v) is 7.38. The number of anilines is 1. The fraction of sp³-hybridized carbons (Fsp3) is 0.375. The summed E-state index contributed by atoms with van der Waals surface area (Å²) < 4.78 is 25.3. The summed E-state index contributed by atoms with van der Waals surface area (Å²) in [5.74, 6) is -0.0290. The molecule has 1 fully saturated rings. The molecule has 3 aromatic carbocycles. The van der Waals surface area contributed by atoms with E-state index >= 15 is 0 Å². The van der Waals surface area contributed by atoms with Crippen molar-refractivity contribution in [2.24, 2.45) is 5.92 Å². The summed E-state index contributed by atoms with van der Waals surface area (Å²) >= 11 is 0. The summed E-state index contributed by atoms with van der Waals surface area (Å²) in [7, 11) is 0. The van der Waals surface area contributed by atoms with E-state index in [2.05, 4.69) is 19.2 Å². The maximum absolute atomic E-state index is 13.4. The molecule has 9 nitrogen and oxygen atoms in total. The Labute approximate surface area is 244 Å². The number of carbonyl (C=O) groups is 2. The molecule has 1 aliphatic heterocycles. The van der Waals surface area contributed by atoms with E-state index in [1.807, 2.05) is 0 Å². The molecule has 0 saturated carbocycles. The van der Waals surface area contributed by atoms with Crippen LogP contribution in [0.4, 0.5) is 14.9 Å². The van der Waals surface area contributed by atoms with Gasteiger partial charge in [-0.15, -0.1) is 0 Å². The first-order chi connectivity index (χ1) is 19.9. The number of hydrogen-bond donors (Lipinski definition) is 4. The van der Waals surface area contributed by atoms with E-state index < -0.39 is 23.0 Å². The first-order valence-electron chi connectivity index (χ1n) is 14.0. The zero-order valence-corrected chi connectivity index (χ0v) is 24.0. The van der Waals surface area contributed by atoms with E-state index in [9.17, 15) is 29.3 Å². The van der Waals surface area contributed by atoms with Crippen LogP contribution < -0.4 is 14.8 Å². The van der Waals surface area contributed by atoms with E-state index in [4.69, 9.17) is 9.47 Å². The third-order valence-electron chi connectivity index (χ3n) is 7.38. The molecular weight excluding hydrogens is 543 g/mol. The van der Waals surface area contributed by atoms with Gasteiger partial charge < -0.3 is 35.0 Å². The van der Waals surface area contributed by atoms with Crippen LogP contribution in [0.5, 0.6) is 23.0 Å². The average molecular weight is 581 g/mol. The number of carboxylic acids is 1. The summed E-state index contributed by atoms with van der Waals surface area (Å²) in [4.78, 5) is 26.4. The minimum absolute atomic E-state index is 0.0115. The highest BCUT2D eigenvalue weighted by Crippen LogP contribution is 2.35. The van der Waals surface area contributed by atoms with Crippen molar-refractivity contribution in [2.75, 3.05) is 18.4 Å². The highest BCUT2D eigenvalue weighted by Gasteiger charge is 2.36. The number of hydrogen-bond acceptors (Lipinski definition) is 6. The number of carbonyl (C=O) groups excluding carboxylic acids is 1. The highest BCUT2D eigenvalue weighted by atomic mass is 19.1. The molecule has 4 rings (SSSR count). The Hall–Kier alpha value is -4.15. The van der Waals surface area contributed by atoms with Crippen LogP contribution in [0.1, 0.15) is 52.0 Å². The molecule has 0 bridgehead atoms. The molecular formula is C32H37FN2O7. The van der Waals surface area contributed by atoms with Crippen molar-refractivity contribution >= 4 is 17.7 Å². The van der Waals surface area contributed by atoms with Crippen LogP contribution in [-0.4, -0.2) is 50.9 Å². The summed E-state index contributed by atoms with van der Waals surface area (Å²) in [6.07, 6.45) is 1.65. The molecule has 1 saturated heterocycles. The van der Waals surface area contributed by atoms with Crippen molar-refractivity contribution in [3.8, 4) is 23.0 Å². The van der Waals surface area contributed by atoms with E-state index in [0.29, 0.717) is 67.0 Å². The minimum Gasteiger partial charge on any atom is -0.479 e. The Morgan fingerprint density at radius 1 is 0.952 bits per heavy atom. The molecule has 3 aromatic rings. The molecule has 1 heterocycles. The topological polar surface area (TPSA) is 129 Å². The Morgan fingerprint density at radius 3 is 1.95 bits per heavy atom. The van der Waals surface area contributed by atoms with Crippen molar-refractivity contribution in [1.29, 1.82) is 0 Å². The zero-order chi connectivity index (χ0) is 30.5. The zero-order valence-electron chi connectivity index (χ0n) is 24.0. The summed E-state index contributed by atoms with van der Waals surface area (Å²) in [6.45, 7) is 6.53. The lowest BCUT2D eigenvalue weighted by atomic mass is 9.84. The Balaban J connectivity index is 1.54. The van der Waals surface area contributed by atoms with Crippen LogP contribution in [0.2, 0.25) is 0 Å². The number of piperidine rings is 1. The number of nitrogens with zero attached hydrogens (tertiary/aromatic N) is 1. The SMILES string of the molecule is CCC(O)(C(=O)O)c1ccc(Oc2cc(NC(=O)N3CCC(O)(CC(C)C)CC3)cc(Oc3ccc(F)cc3)c2)cc1. The summed E-state index contributed by atoms with van der Waals surface area (Å²) in [6, 6.07) is 16.0. The fourth-order valence-electron chi connectivity index (χ4n) is 5.11. The highest BCUT2D eigenvalue weighted by molar-refractivity contribution is 5.90. The molecule has 1 unspecified atom stereocenters. The predicted octanol–water partition coefficient (Wildman–Crippen LogP) is 6.50. The molecule has 0 radical (unpaired) electrons. The number of benzene rings is 3. The number of nitrogens with one attached hydrogen (secondary N) is 1. The summed E-state index contributed by atoms with van der Waals surface area (Å²) in [5.41, 5.74) is -2.19. The van der Waals surface area contributed by atoms with Gasteiger partial charge >= 0.3 is 12.0 Å². The second-order valence-electron chi connectivity index (χ2n) is 11.1. The standard InChI is InChI=1S/C32H37FN2O7/c1-4-32(40,29(36)37)22-5-9-25(10-6-22)41-27-17-24(18-28(19-27)42-26-11-7-23(33)8-12-26)34-30(38)35-15-13-31(39,14-16-35)20-21(2)3/h5-12,17-19,21,39-40H,4,13-16,20H2,1-3H3,(H,34,38)(H,36,37). The van der Waals surface area contributed by atoms with Gasteiger partial charge in [0.1, 0.15) is 28.8 Å². The fourth-order valence-corrected chi connectivity index (χ4v) is 5.11. The number of rotatable bonds is 10. The van der Waals surface area contributed by atoms with Gasteiger partial charge in [-0.1, -0.05) is 32.9 Å². The first kappa shape index (κ1) is 30.8. The van der Waals surface area contributed by atoms with E-state index in [-0.39, 0.29) is 18.0 Å². The van der Waals surface area contributed by atoms with Crippen molar-refractivity contribution in [3.63, 3.8) is 0 Å². The van der Waals surface area contributed by atoms with Crippen LogP contribution >= 0.6 is 0 Å². The number of urea groups is 1. The molecule has 4 N–H and O–H groups in total. The minimum atomic E-state index is -2.02. The molecule has 10 heteroatoms. The lowest BCUT2D eigenvalue weighted by Gasteiger charge is -2.39. The van der Waals surface area contributed by atoms with Gasteiger partial charge in [0.05, 0.1) is 5.60 Å². The van der Waals surface area contributed by atoms with Crippen LogP contribution in [0.25, 0.3) is 0 Å². The van der Waals surface area contributed by atoms with Crippen molar-refractivity contribution in [1.82, 2.24) is 4.90 Å². The van der Waals surface area contributed by atoms with Gasteiger partial charge in [-0.25, -0.2) is 14.0 Å². The lowest BCUT2D eigenvalue weighted by Crippen LogP contribution is -2.48. The maximum atomic E-state index is 13.4. The van der Waals surface area contributed by atoms with Gasteiger partial charge in [0.15, 0.2) is 5.60 Å². The van der Waals surface area contributed by atoms with Gasteiger partial charge in [0.25, 0.3) is 0 Å². The number of carboxylic acid groups (broad SMARTS) is 1. The van der Waals surface area contributed by atoms with Crippen molar-refractivity contribution in [2.45, 2.75) is 57.7 Å². The smallest absolute Gasteiger partial charge is 0.340 e. The normalized spacial score (nSPS) is 16.0. The molecule has 0 spiro atoms. The molecule has 0 aliphatic carbocycles. The molecule has 2 amide bonds. The van der Waals surface area contributed by atoms with Crippen LogP contribution in [0.15, 0.2) is 66.7 Å². The quantitative estimate of drug-likeness (QED) is 0.216. The number of aliphatic hydroxyl groups is 2. The Morgan fingerprint density at radius 2 is 1.48 bits per heavy atom. The average Bonchev–Trinajstić information content (AvgIpc) is 2.93. The van der Waals surface area contributed by atoms with E-state index in [1.54, 1.807) is 30.0 Å². The third kappa shape index (κ3) is 7.57. The number of aliphatic carboxylic acids is 1. The monoisotopic (exact) mass is 580 g/mol. The van der Waals surface area contributed by atoms with Crippen molar-refractivity contribution < 1.29 is 38.8 Å². The number of ether oxygens (including phenoxy) is 2. The Kier molecular flexibility index (Phi) is 9.38. The molecule has 0 aromatic heterocycles. The predicted molar refractivity (Wildman–Crippen MR) is 155 cm³/mol. The molecule has 1 aliphatic rings. The second-order valence-corrected chi connectivity index (χ2v) is 11.1. The molecule has 42 heavy (non-hydrogen) atoms. The van der Waals surface area contributed by atoms with Gasteiger partial charge in [-0.3, -0.25) is 0 Å². The number of likely N-dealkylation sites (tertiary alicyclic amines) is 1. The van der Waals surface area contributed by atoms with Gasteiger partial charge in [0, 0.05) is 37.0 Å². The van der Waals surface area contributed by atoms with Crippen LogP contribution in [0.3, 0.4) is 0 Å². The molecule has 1 atom stereocenters. The number of amides is 2. The van der Waals surface area contributed by atoms with Crippen LogP contribution in [-0.2, 0) is 10.4 Å². The maximum Gasteiger partial charge on any atom is 0.340 e. The second kappa shape index (κ2) is 12.8. The number of halogens is 1. The van der Waals surface area contributed by atoms with Gasteiger partial charge in [-0.05, 0) is 73.6 Å². The van der Waals surface area contributed by atoms with Gasteiger partial charge in [0.2, 0.25) is 0 Å². The van der Waals surface area contributed by atoms with E-state index in [0.717, 1.165) is 0 Å². The van der Waals surface area contributed by atoms with Crippen molar-refractivity contribution in [3.05, 3.63) is 78.1 Å². The first-order valence-corrected chi connectivity index (χ1v) is 14.0. The lowest BCUT2D eigenvalue weighted by molar-refractivity contribution is -0.160. The largest absolute Gasteiger partial charge is 0.479 e. The van der Waals surface area contributed by atoms with E-state index in [1.165, 1.54) is 48.5 Å². The Bertz CT molecular complexity index is 1390. The summed E-state index contributed by atoms with van der Waals surface area (Å²) in [5, 5.41) is 33.7. The molecule has 224 valence electrons. The van der Waals surface area contributed by atoms with Crippen LogP contribution in [0, 0.1) is 11.7 Å². The van der Waals surface area contributed by atoms with Gasteiger partial charge in [-0.2, -0.15) is 0 Å².